The van der Waals surface area contributed by atoms with Crippen LogP contribution in [0.2, 0.25) is 0 Å². The zero-order valence-electron chi connectivity index (χ0n) is 14.8. The number of benzene rings is 2. The van der Waals surface area contributed by atoms with Crippen molar-refractivity contribution in [2.24, 2.45) is 0 Å². The normalized spacial score (nSPS) is 10.2. The van der Waals surface area contributed by atoms with Crippen LogP contribution in [0.25, 0.3) is 0 Å². The number of esters is 1. The molecular formula is C19H18BrFN2O4. The van der Waals surface area contributed by atoms with E-state index in [4.69, 9.17) is 4.74 Å². The highest BCUT2D eigenvalue weighted by Gasteiger charge is 2.17. The molecule has 0 fully saturated rings. The molecule has 0 aliphatic rings. The van der Waals surface area contributed by atoms with Crippen LogP contribution in [0.1, 0.15) is 15.9 Å². The summed E-state index contributed by atoms with van der Waals surface area (Å²) in [5.41, 5.74) is 1.79. The number of likely N-dealkylation sites (N-methyl/N-ethyl adjacent to an activating group) is 1. The summed E-state index contributed by atoms with van der Waals surface area (Å²) in [5.74, 6) is -2.19. The van der Waals surface area contributed by atoms with Gasteiger partial charge in [0.15, 0.2) is 6.61 Å². The number of aryl methyl sites for hydroxylation is 1. The SMILES string of the molecule is Cc1ccc(NC(=O)CN(C)C(=O)COC(=O)c2ccc(F)cc2Br)cc1. The number of amides is 2. The highest BCUT2D eigenvalue weighted by atomic mass is 79.9. The first-order valence-electron chi connectivity index (χ1n) is 7.99. The highest BCUT2D eigenvalue weighted by Crippen LogP contribution is 2.18. The number of anilines is 1. The number of hydrogen-bond acceptors (Lipinski definition) is 4. The minimum absolute atomic E-state index is 0.101. The fourth-order valence-electron chi connectivity index (χ4n) is 2.11. The third kappa shape index (κ3) is 6.18. The minimum atomic E-state index is -0.771. The van der Waals surface area contributed by atoms with E-state index in [0.29, 0.717) is 5.69 Å². The van der Waals surface area contributed by atoms with E-state index in [0.717, 1.165) is 22.6 Å². The number of carbonyl (C=O) groups is 3. The van der Waals surface area contributed by atoms with Crippen LogP contribution in [0.4, 0.5) is 10.1 Å². The number of halogens is 2. The van der Waals surface area contributed by atoms with Crippen molar-refractivity contribution >= 4 is 39.4 Å². The Balaban J connectivity index is 1.83. The minimum Gasteiger partial charge on any atom is -0.452 e. The van der Waals surface area contributed by atoms with Crippen molar-refractivity contribution < 1.29 is 23.5 Å². The number of nitrogens with zero attached hydrogens (tertiary/aromatic N) is 1. The second-order valence-electron chi connectivity index (χ2n) is 5.86. The summed E-state index contributed by atoms with van der Waals surface area (Å²) >= 11 is 3.06. The predicted octanol–water partition coefficient (Wildman–Crippen LogP) is 3.15. The van der Waals surface area contributed by atoms with E-state index in [1.165, 1.54) is 13.1 Å². The van der Waals surface area contributed by atoms with E-state index < -0.39 is 24.3 Å². The molecule has 2 aromatic rings. The largest absolute Gasteiger partial charge is 0.452 e. The fourth-order valence-corrected chi connectivity index (χ4v) is 2.62. The van der Waals surface area contributed by atoms with Gasteiger partial charge in [-0.2, -0.15) is 0 Å². The zero-order valence-corrected chi connectivity index (χ0v) is 16.4. The Hall–Kier alpha value is -2.74. The van der Waals surface area contributed by atoms with E-state index in [-0.39, 0.29) is 22.5 Å². The lowest BCUT2D eigenvalue weighted by molar-refractivity contribution is -0.136. The van der Waals surface area contributed by atoms with E-state index in [1.54, 1.807) is 12.1 Å². The highest BCUT2D eigenvalue weighted by molar-refractivity contribution is 9.10. The Morgan fingerprint density at radius 2 is 1.81 bits per heavy atom. The standard InChI is InChI=1S/C19H18BrFN2O4/c1-12-3-6-14(7-4-12)22-17(24)10-23(2)18(25)11-27-19(26)15-8-5-13(21)9-16(15)20/h3-9H,10-11H2,1-2H3,(H,22,24). The van der Waals surface area contributed by atoms with Gasteiger partial charge in [-0.1, -0.05) is 17.7 Å². The van der Waals surface area contributed by atoms with Gasteiger partial charge in [-0.25, -0.2) is 9.18 Å². The third-order valence-corrected chi connectivity index (χ3v) is 4.28. The smallest absolute Gasteiger partial charge is 0.339 e. The van der Waals surface area contributed by atoms with E-state index in [9.17, 15) is 18.8 Å². The Morgan fingerprint density at radius 1 is 1.15 bits per heavy atom. The summed E-state index contributed by atoms with van der Waals surface area (Å²) < 4.78 is 18.2. The number of rotatable bonds is 6. The lowest BCUT2D eigenvalue weighted by atomic mass is 10.2. The van der Waals surface area contributed by atoms with Crippen molar-refractivity contribution in [2.45, 2.75) is 6.92 Å². The predicted molar refractivity (Wildman–Crippen MR) is 102 cm³/mol. The molecular weight excluding hydrogens is 419 g/mol. The van der Waals surface area contributed by atoms with Crippen LogP contribution in [0.3, 0.4) is 0 Å². The van der Waals surface area contributed by atoms with Gasteiger partial charge in [-0.3, -0.25) is 9.59 Å². The fraction of sp³-hybridized carbons (Fsp3) is 0.211. The summed E-state index contributed by atoms with van der Waals surface area (Å²) in [6, 6.07) is 10.7. The van der Waals surface area contributed by atoms with Gasteiger partial charge < -0.3 is 15.0 Å². The second-order valence-corrected chi connectivity index (χ2v) is 6.72. The Bertz CT molecular complexity index is 855. The average Bonchev–Trinajstić information content (AvgIpc) is 2.61. The molecule has 2 amide bonds. The molecule has 0 aliphatic heterocycles. The van der Waals surface area contributed by atoms with Crippen molar-refractivity contribution in [3.05, 3.63) is 63.9 Å². The van der Waals surface area contributed by atoms with Crippen molar-refractivity contribution in [1.82, 2.24) is 4.90 Å². The molecule has 0 saturated heterocycles. The van der Waals surface area contributed by atoms with Crippen LogP contribution < -0.4 is 5.32 Å². The molecule has 8 heteroatoms. The van der Waals surface area contributed by atoms with Gasteiger partial charge in [0, 0.05) is 17.2 Å². The zero-order chi connectivity index (χ0) is 20.0. The monoisotopic (exact) mass is 436 g/mol. The lowest BCUT2D eigenvalue weighted by Gasteiger charge is -2.17. The van der Waals surface area contributed by atoms with Crippen molar-refractivity contribution in [2.75, 3.05) is 25.5 Å². The van der Waals surface area contributed by atoms with Crippen molar-refractivity contribution in [1.29, 1.82) is 0 Å². The van der Waals surface area contributed by atoms with Crippen LogP contribution in [0.5, 0.6) is 0 Å². The lowest BCUT2D eigenvalue weighted by Crippen LogP contribution is -2.37. The second kappa shape index (κ2) is 9.27. The first-order chi connectivity index (χ1) is 12.8. The summed E-state index contributed by atoms with van der Waals surface area (Å²) in [6.07, 6.45) is 0. The quantitative estimate of drug-likeness (QED) is 0.705. The molecule has 0 spiro atoms. The van der Waals surface area contributed by atoms with Gasteiger partial charge >= 0.3 is 5.97 Å². The Kier molecular flexibility index (Phi) is 7.06. The molecule has 0 unspecified atom stereocenters. The van der Waals surface area contributed by atoms with E-state index in [2.05, 4.69) is 21.2 Å². The maximum atomic E-state index is 13.0. The topological polar surface area (TPSA) is 75.7 Å². The summed E-state index contributed by atoms with van der Waals surface area (Å²) in [5, 5.41) is 2.68. The summed E-state index contributed by atoms with van der Waals surface area (Å²) in [4.78, 5) is 37.2. The van der Waals surface area contributed by atoms with Gasteiger partial charge in [0.2, 0.25) is 5.91 Å². The maximum absolute atomic E-state index is 13.0. The molecule has 0 saturated carbocycles. The van der Waals surface area contributed by atoms with Gasteiger partial charge in [0.25, 0.3) is 5.91 Å². The van der Waals surface area contributed by atoms with Gasteiger partial charge in [0.05, 0.1) is 12.1 Å². The number of hydrogen-bond donors (Lipinski definition) is 1. The molecule has 142 valence electrons. The molecule has 2 aromatic carbocycles. The first kappa shape index (κ1) is 20.6. The number of carbonyl (C=O) groups excluding carboxylic acids is 3. The summed E-state index contributed by atoms with van der Waals surface area (Å²) in [6.45, 7) is 1.21. The summed E-state index contributed by atoms with van der Waals surface area (Å²) in [7, 11) is 1.43. The molecule has 0 radical (unpaired) electrons. The molecule has 0 aromatic heterocycles. The van der Waals surface area contributed by atoms with Crippen LogP contribution in [0.15, 0.2) is 46.9 Å². The molecule has 0 atom stereocenters. The molecule has 0 heterocycles. The molecule has 0 bridgehead atoms. The molecule has 6 nitrogen and oxygen atoms in total. The van der Waals surface area contributed by atoms with E-state index in [1.807, 2.05) is 19.1 Å². The van der Waals surface area contributed by atoms with Crippen molar-refractivity contribution in [3.8, 4) is 0 Å². The van der Waals surface area contributed by atoms with Gasteiger partial charge in [-0.15, -0.1) is 0 Å². The van der Waals surface area contributed by atoms with Gasteiger partial charge in [0.1, 0.15) is 5.82 Å². The third-order valence-electron chi connectivity index (χ3n) is 3.62. The van der Waals surface area contributed by atoms with Crippen LogP contribution in [0, 0.1) is 12.7 Å². The first-order valence-corrected chi connectivity index (χ1v) is 8.78. The average molecular weight is 437 g/mol. The number of nitrogens with one attached hydrogen (secondary N) is 1. The Morgan fingerprint density at radius 3 is 2.44 bits per heavy atom. The van der Waals surface area contributed by atoms with Gasteiger partial charge in [-0.05, 0) is 53.2 Å². The maximum Gasteiger partial charge on any atom is 0.339 e. The molecule has 0 aliphatic carbocycles. The van der Waals surface area contributed by atoms with Crippen LogP contribution >= 0.6 is 15.9 Å². The molecule has 2 rings (SSSR count). The van der Waals surface area contributed by atoms with Crippen LogP contribution in [-0.4, -0.2) is 42.9 Å². The van der Waals surface area contributed by atoms with Crippen molar-refractivity contribution in [3.63, 3.8) is 0 Å². The molecule has 27 heavy (non-hydrogen) atoms. The molecule has 1 N–H and O–H groups in total. The van der Waals surface area contributed by atoms with Crippen LogP contribution in [-0.2, 0) is 14.3 Å². The number of ether oxygens (including phenoxy) is 1. The Labute approximate surface area is 164 Å². The van der Waals surface area contributed by atoms with E-state index >= 15 is 0 Å².